The molecule has 144 valence electrons. The average molecular weight is 390 g/mol. The summed E-state index contributed by atoms with van der Waals surface area (Å²) < 4.78 is 5.89. The summed E-state index contributed by atoms with van der Waals surface area (Å²) in [7, 11) is 0. The largest absolute Gasteiger partial charge is 0.507 e. The van der Waals surface area contributed by atoms with Gasteiger partial charge < -0.3 is 10.8 Å². The van der Waals surface area contributed by atoms with Crippen molar-refractivity contribution in [3.05, 3.63) is 65.9 Å². The fraction of sp³-hybridized carbons (Fsp3) is 0. The van der Waals surface area contributed by atoms with Gasteiger partial charge in [-0.25, -0.2) is 10.1 Å². The first-order valence-corrected chi connectivity index (χ1v) is 8.36. The van der Waals surface area contributed by atoms with Crippen molar-refractivity contribution in [1.29, 1.82) is 0 Å². The van der Waals surface area contributed by atoms with Gasteiger partial charge in [-0.05, 0) is 22.4 Å². The Bertz CT molecular complexity index is 1180. The van der Waals surface area contributed by atoms with E-state index < -0.39 is 5.91 Å². The molecule has 4 aromatic rings. The van der Waals surface area contributed by atoms with E-state index in [4.69, 9.17) is 5.73 Å². The fourth-order valence-corrected chi connectivity index (χ4v) is 2.59. The number of rotatable bonds is 5. The Morgan fingerprint density at radius 1 is 1.14 bits per heavy atom. The number of nitrogens with one attached hydrogen (secondary N) is 1. The summed E-state index contributed by atoms with van der Waals surface area (Å²) in [4.78, 5) is 12.7. The maximum atomic E-state index is 12.7. The zero-order valence-corrected chi connectivity index (χ0v) is 14.8. The van der Waals surface area contributed by atoms with Gasteiger partial charge in [-0.3, -0.25) is 4.79 Å². The second-order valence-corrected chi connectivity index (χ2v) is 5.80. The molecule has 11 heteroatoms. The first-order valence-electron chi connectivity index (χ1n) is 8.36. The Balaban J connectivity index is 1.68. The first kappa shape index (κ1) is 17.9. The molecule has 2 heterocycles. The third-order valence-corrected chi connectivity index (χ3v) is 3.94. The van der Waals surface area contributed by atoms with E-state index in [1.54, 1.807) is 42.5 Å². The predicted octanol–water partition coefficient (Wildman–Crippen LogP) is 1.37. The summed E-state index contributed by atoms with van der Waals surface area (Å²) in [6.45, 7) is 0. The third kappa shape index (κ3) is 3.51. The molecule has 4 N–H and O–H groups in total. The number of anilines is 1. The number of amides is 1. The van der Waals surface area contributed by atoms with Crippen LogP contribution in [0.1, 0.15) is 16.1 Å². The molecule has 4 rings (SSSR count). The van der Waals surface area contributed by atoms with Gasteiger partial charge in [0.1, 0.15) is 11.4 Å². The molecule has 0 radical (unpaired) electrons. The molecule has 0 bridgehead atoms. The topological polar surface area (TPSA) is 157 Å². The predicted molar refractivity (Wildman–Crippen MR) is 102 cm³/mol. The molecule has 0 spiro atoms. The van der Waals surface area contributed by atoms with Crippen LogP contribution in [0.3, 0.4) is 0 Å². The quantitative estimate of drug-likeness (QED) is 0.340. The number of aromatic hydroxyl groups is 1. The molecule has 0 aliphatic rings. The molecule has 0 aliphatic carbocycles. The molecule has 0 saturated carbocycles. The van der Waals surface area contributed by atoms with Crippen LogP contribution < -0.4 is 11.2 Å². The van der Waals surface area contributed by atoms with Gasteiger partial charge in [0.15, 0.2) is 5.69 Å². The summed E-state index contributed by atoms with van der Waals surface area (Å²) >= 11 is 0. The second-order valence-electron chi connectivity index (χ2n) is 5.80. The number of carbonyl (C=O) groups excluding carboxylic acids is 1. The number of aromatic nitrogens is 5. The van der Waals surface area contributed by atoms with Crippen LogP contribution in [0, 0.1) is 0 Å². The van der Waals surface area contributed by atoms with Crippen LogP contribution in [0.5, 0.6) is 5.75 Å². The molecule has 1 amide bonds. The lowest BCUT2D eigenvalue weighted by molar-refractivity contribution is 0.0950. The minimum absolute atomic E-state index is 0.00314. The molecule has 0 atom stereocenters. The van der Waals surface area contributed by atoms with Gasteiger partial charge in [-0.1, -0.05) is 47.7 Å². The normalized spacial score (nSPS) is 11.0. The van der Waals surface area contributed by atoms with E-state index >= 15 is 0 Å². The van der Waals surface area contributed by atoms with Gasteiger partial charge in [0, 0.05) is 11.1 Å². The molecule has 2 aromatic heterocycles. The Hall–Kier alpha value is -4.54. The van der Waals surface area contributed by atoms with Gasteiger partial charge in [0.05, 0.1) is 6.21 Å². The number of phenolic OH excluding ortho intramolecular Hbond substituents is 1. The average Bonchev–Trinajstić information content (AvgIpc) is 3.36. The summed E-state index contributed by atoms with van der Waals surface area (Å²) in [5.41, 5.74) is 9.55. The first-order chi connectivity index (χ1) is 14.1. The van der Waals surface area contributed by atoms with Crippen LogP contribution >= 0.6 is 0 Å². The molecule has 0 fully saturated rings. The molecule has 11 nitrogen and oxygen atoms in total. The van der Waals surface area contributed by atoms with Crippen LogP contribution in [-0.2, 0) is 0 Å². The van der Waals surface area contributed by atoms with E-state index in [9.17, 15) is 9.90 Å². The number of para-hydroxylation sites is 1. The van der Waals surface area contributed by atoms with E-state index in [-0.39, 0.29) is 23.1 Å². The number of hydrogen-bond donors (Lipinski definition) is 3. The third-order valence-electron chi connectivity index (χ3n) is 3.94. The summed E-state index contributed by atoms with van der Waals surface area (Å²) in [5.74, 6) is -0.475. The number of carbonyl (C=O) groups is 1. The van der Waals surface area contributed by atoms with Crippen LogP contribution in [0.4, 0.5) is 5.82 Å². The SMILES string of the molecule is Nc1nonc1-n1nnc(C(=O)NN=Cc2ccccc2O)c1-c1ccccc1. The van der Waals surface area contributed by atoms with Gasteiger partial charge in [0.25, 0.3) is 5.91 Å². The van der Waals surface area contributed by atoms with E-state index in [0.717, 1.165) is 0 Å². The second kappa shape index (κ2) is 7.60. The van der Waals surface area contributed by atoms with E-state index in [0.29, 0.717) is 16.8 Å². The standard InChI is InChI=1S/C18H14N8O3/c19-16-17(24-29-23-16)26-15(11-6-2-1-3-7-11)14(21-25-26)18(28)22-20-10-12-8-4-5-9-13(12)27/h1-10,27H,(H2,19,23)(H,22,28). The van der Waals surface area contributed by atoms with Crippen molar-refractivity contribution in [2.45, 2.75) is 0 Å². The van der Waals surface area contributed by atoms with E-state index in [1.807, 2.05) is 6.07 Å². The van der Waals surface area contributed by atoms with Gasteiger partial charge in [0.2, 0.25) is 11.6 Å². The summed E-state index contributed by atoms with van der Waals surface area (Å²) in [6.07, 6.45) is 1.32. The van der Waals surface area contributed by atoms with Crippen molar-refractivity contribution in [3.63, 3.8) is 0 Å². The minimum atomic E-state index is -0.614. The molecular weight excluding hydrogens is 376 g/mol. The maximum absolute atomic E-state index is 12.7. The van der Waals surface area contributed by atoms with Gasteiger partial charge >= 0.3 is 0 Å². The highest BCUT2D eigenvalue weighted by molar-refractivity contribution is 5.99. The minimum Gasteiger partial charge on any atom is -0.507 e. The highest BCUT2D eigenvalue weighted by Gasteiger charge is 2.24. The zero-order chi connectivity index (χ0) is 20.2. The number of benzene rings is 2. The Kier molecular flexibility index (Phi) is 4.68. The van der Waals surface area contributed by atoms with Crippen LogP contribution in [0.2, 0.25) is 0 Å². The highest BCUT2D eigenvalue weighted by Crippen LogP contribution is 2.26. The molecule has 0 unspecified atom stereocenters. The van der Waals surface area contributed by atoms with Crippen molar-refractivity contribution >= 4 is 17.9 Å². The van der Waals surface area contributed by atoms with Gasteiger partial charge in [-0.15, -0.1) is 5.10 Å². The van der Waals surface area contributed by atoms with Crippen LogP contribution in [-0.4, -0.2) is 42.5 Å². The number of nitrogens with two attached hydrogens (primary N) is 1. The molecule has 2 aromatic carbocycles. The molecule has 0 aliphatic heterocycles. The van der Waals surface area contributed by atoms with Crippen molar-refractivity contribution < 1.29 is 14.5 Å². The molecule has 29 heavy (non-hydrogen) atoms. The lowest BCUT2D eigenvalue weighted by Crippen LogP contribution is -2.19. The Morgan fingerprint density at radius 2 is 1.90 bits per heavy atom. The monoisotopic (exact) mass is 390 g/mol. The lowest BCUT2D eigenvalue weighted by atomic mass is 10.1. The zero-order valence-electron chi connectivity index (χ0n) is 14.8. The van der Waals surface area contributed by atoms with Crippen molar-refractivity contribution in [2.24, 2.45) is 5.10 Å². The lowest BCUT2D eigenvalue weighted by Gasteiger charge is -2.05. The van der Waals surface area contributed by atoms with E-state index in [1.165, 1.54) is 17.0 Å². The van der Waals surface area contributed by atoms with Crippen LogP contribution in [0.15, 0.2) is 64.3 Å². The number of phenols is 1. The van der Waals surface area contributed by atoms with Crippen molar-refractivity contribution in [3.8, 4) is 22.8 Å². The number of hydrogen-bond acceptors (Lipinski definition) is 9. The van der Waals surface area contributed by atoms with Gasteiger partial charge in [-0.2, -0.15) is 9.78 Å². The number of nitrogens with zero attached hydrogens (tertiary/aromatic N) is 6. The smallest absolute Gasteiger partial charge is 0.294 e. The number of nitrogen functional groups attached to an aromatic ring is 1. The van der Waals surface area contributed by atoms with Crippen molar-refractivity contribution in [1.82, 2.24) is 30.7 Å². The number of hydrazone groups is 1. The molecule has 0 saturated heterocycles. The van der Waals surface area contributed by atoms with Crippen molar-refractivity contribution in [2.75, 3.05) is 5.73 Å². The summed E-state index contributed by atoms with van der Waals surface area (Å²) in [5, 5.41) is 28.8. The van der Waals surface area contributed by atoms with E-state index in [2.05, 4.69) is 35.8 Å². The van der Waals surface area contributed by atoms with Crippen LogP contribution in [0.25, 0.3) is 17.1 Å². The fourth-order valence-electron chi connectivity index (χ4n) is 2.59. The highest BCUT2D eigenvalue weighted by atomic mass is 16.6. The maximum Gasteiger partial charge on any atom is 0.294 e. The Morgan fingerprint density at radius 3 is 2.62 bits per heavy atom. The Labute approximate surface area is 163 Å². The molecular formula is C18H14N8O3. The summed E-state index contributed by atoms with van der Waals surface area (Å²) in [6, 6.07) is 15.6.